The zero-order valence-corrected chi connectivity index (χ0v) is 12.8. The van der Waals surface area contributed by atoms with Crippen molar-refractivity contribution in [3.63, 3.8) is 0 Å². The molecule has 8 heteroatoms. The van der Waals surface area contributed by atoms with Crippen molar-refractivity contribution in [3.8, 4) is 5.75 Å². The first-order valence-corrected chi connectivity index (χ1v) is 7.63. The van der Waals surface area contributed by atoms with Crippen molar-refractivity contribution in [1.29, 1.82) is 0 Å². The summed E-state index contributed by atoms with van der Waals surface area (Å²) in [4.78, 5) is 23.3. The number of halogens is 1. The summed E-state index contributed by atoms with van der Waals surface area (Å²) < 4.78 is 19.3. The van der Waals surface area contributed by atoms with Gasteiger partial charge in [0.25, 0.3) is 0 Å². The molecule has 0 amide bonds. The van der Waals surface area contributed by atoms with Gasteiger partial charge in [0.15, 0.2) is 10.9 Å². The molecule has 0 bridgehead atoms. The van der Waals surface area contributed by atoms with Crippen molar-refractivity contribution in [1.82, 2.24) is 15.0 Å². The van der Waals surface area contributed by atoms with E-state index in [1.54, 1.807) is 7.11 Å². The van der Waals surface area contributed by atoms with Crippen LogP contribution in [0.1, 0.15) is 5.56 Å². The molecule has 0 saturated carbocycles. The number of rotatable bonds is 3. The van der Waals surface area contributed by atoms with Crippen LogP contribution in [0.2, 0.25) is 0 Å². The number of thioether (sulfide) groups is 1. The van der Waals surface area contributed by atoms with Gasteiger partial charge in [-0.1, -0.05) is 11.8 Å². The summed E-state index contributed by atoms with van der Waals surface area (Å²) in [6.07, 6.45) is 2.97. The summed E-state index contributed by atoms with van der Waals surface area (Å²) in [5.41, 5.74) is 1.96. The molecule has 4 rings (SSSR count). The maximum Gasteiger partial charge on any atom is 0.198 e. The monoisotopic (exact) mass is 330 g/mol. The van der Waals surface area contributed by atoms with E-state index in [-0.39, 0.29) is 10.5 Å². The standard InChI is InChI=1S/C15H11FN4O2S/c1-22-10-2-7-3-12(21)23-11(7)4-9(10)20-15-13-8(16)5-17-14(13)18-6-19-15/h2,4-6H,3H2,1H3,(H2,17,18,19,20). The Morgan fingerprint density at radius 3 is 3.09 bits per heavy atom. The average molecular weight is 330 g/mol. The molecule has 116 valence electrons. The van der Waals surface area contributed by atoms with Crippen LogP contribution in [0.3, 0.4) is 0 Å². The molecule has 0 aliphatic carbocycles. The Morgan fingerprint density at radius 2 is 2.26 bits per heavy atom. The minimum atomic E-state index is -0.437. The number of fused-ring (bicyclic) bond motifs is 2. The van der Waals surface area contributed by atoms with Gasteiger partial charge >= 0.3 is 0 Å². The molecule has 3 aromatic rings. The Balaban J connectivity index is 1.80. The van der Waals surface area contributed by atoms with Crippen molar-refractivity contribution in [2.45, 2.75) is 11.3 Å². The molecule has 0 radical (unpaired) electrons. The number of H-pyrrole nitrogens is 1. The molecular formula is C15H11FN4O2S. The molecule has 3 heterocycles. The average Bonchev–Trinajstić information content (AvgIpc) is 3.09. The highest BCUT2D eigenvalue weighted by molar-refractivity contribution is 8.14. The summed E-state index contributed by atoms with van der Waals surface area (Å²) in [5, 5.41) is 3.45. The quantitative estimate of drug-likeness (QED) is 0.768. The molecule has 1 aliphatic heterocycles. The summed E-state index contributed by atoms with van der Waals surface area (Å²) in [6, 6.07) is 3.64. The number of nitrogens with zero attached hydrogens (tertiary/aromatic N) is 2. The van der Waals surface area contributed by atoms with Crippen LogP contribution < -0.4 is 10.1 Å². The van der Waals surface area contributed by atoms with Gasteiger partial charge in [-0.25, -0.2) is 14.4 Å². The third kappa shape index (κ3) is 2.31. The van der Waals surface area contributed by atoms with Gasteiger partial charge in [0.1, 0.15) is 23.5 Å². The SMILES string of the molecule is COc1cc2c(cc1Nc1ncnc3[nH]cc(F)c13)SC(=O)C2. The first-order chi connectivity index (χ1) is 11.2. The van der Waals surface area contributed by atoms with E-state index in [0.717, 1.165) is 10.5 Å². The van der Waals surface area contributed by atoms with Crippen molar-refractivity contribution in [2.75, 3.05) is 12.4 Å². The largest absolute Gasteiger partial charge is 0.495 e. The zero-order valence-electron chi connectivity index (χ0n) is 12.0. The number of nitrogens with one attached hydrogen (secondary N) is 2. The molecule has 2 N–H and O–H groups in total. The predicted molar refractivity (Wildman–Crippen MR) is 84.7 cm³/mol. The fraction of sp³-hybridized carbons (Fsp3) is 0.133. The zero-order chi connectivity index (χ0) is 16.0. The maximum atomic E-state index is 13.9. The topological polar surface area (TPSA) is 79.9 Å². The predicted octanol–water partition coefficient (Wildman–Crippen LogP) is 3.02. The van der Waals surface area contributed by atoms with E-state index in [4.69, 9.17) is 4.74 Å². The normalized spacial score (nSPS) is 13.4. The molecule has 1 aromatic carbocycles. The molecule has 6 nitrogen and oxygen atoms in total. The van der Waals surface area contributed by atoms with Gasteiger partial charge in [-0.3, -0.25) is 4.79 Å². The molecule has 0 saturated heterocycles. The minimum absolute atomic E-state index is 0.0975. The lowest BCUT2D eigenvalue weighted by Gasteiger charge is -2.13. The van der Waals surface area contributed by atoms with E-state index in [9.17, 15) is 9.18 Å². The van der Waals surface area contributed by atoms with Crippen LogP contribution in [0.5, 0.6) is 5.75 Å². The van der Waals surface area contributed by atoms with Crippen LogP contribution in [-0.2, 0) is 11.2 Å². The number of methoxy groups -OCH3 is 1. The summed E-state index contributed by atoms with van der Waals surface area (Å²) >= 11 is 1.20. The van der Waals surface area contributed by atoms with Gasteiger partial charge in [-0.2, -0.15) is 0 Å². The Hall–Kier alpha value is -2.61. The van der Waals surface area contributed by atoms with Crippen LogP contribution in [0.25, 0.3) is 11.0 Å². The summed E-state index contributed by atoms with van der Waals surface area (Å²) in [5.74, 6) is 0.468. The van der Waals surface area contributed by atoms with E-state index >= 15 is 0 Å². The second kappa shape index (κ2) is 5.24. The van der Waals surface area contributed by atoms with Crippen LogP contribution in [0.4, 0.5) is 15.9 Å². The molecule has 0 unspecified atom stereocenters. The van der Waals surface area contributed by atoms with Gasteiger partial charge in [0, 0.05) is 17.5 Å². The number of benzene rings is 1. The molecule has 0 spiro atoms. The van der Waals surface area contributed by atoms with Crippen molar-refractivity contribution in [3.05, 3.63) is 36.0 Å². The number of aromatic nitrogens is 3. The number of carbonyl (C=O) groups is 1. The number of carbonyl (C=O) groups excluding carboxylic acids is 1. The molecule has 0 atom stereocenters. The molecule has 0 fully saturated rings. The van der Waals surface area contributed by atoms with E-state index in [2.05, 4.69) is 20.3 Å². The van der Waals surface area contributed by atoms with Gasteiger partial charge in [-0.15, -0.1) is 0 Å². The lowest BCUT2D eigenvalue weighted by molar-refractivity contribution is -0.110. The molecule has 2 aromatic heterocycles. The number of ether oxygens (including phenoxy) is 1. The number of anilines is 2. The Morgan fingerprint density at radius 1 is 1.39 bits per heavy atom. The van der Waals surface area contributed by atoms with Crippen molar-refractivity contribution >= 4 is 39.4 Å². The van der Waals surface area contributed by atoms with Crippen molar-refractivity contribution in [2.24, 2.45) is 0 Å². The highest BCUT2D eigenvalue weighted by atomic mass is 32.2. The van der Waals surface area contributed by atoms with Gasteiger partial charge in [-0.05, 0) is 17.7 Å². The molecule has 23 heavy (non-hydrogen) atoms. The van der Waals surface area contributed by atoms with Gasteiger partial charge in [0.05, 0.1) is 18.2 Å². The summed E-state index contributed by atoms with van der Waals surface area (Å²) in [6.45, 7) is 0. The number of aromatic amines is 1. The fourth-order valence-electron chi connectivity index (χ4n) is 2.56. The maximum absolute atomic E-state index is 13.9. The van der Waals surface area contributed by atoms with E-state index in [1.165, 1.54) is 24.3 Å². The Bertz CT molecular complexity index is 941. The minimum Gasteiger partial charge on any atom is -0.495 e. The van der Waals surface area contributed by atoms with Gasteiger partial charge < -0.3 is 15.0 Å². The highest BCUT2D eigenvalue weighted by Crippen LogP contribution is 2.40. The third-order valence-electron chi connectivity index (χ3n) is 3.62. The smallest absolute Gasteiger partial charge is 0.198 e. The highest BCUT2D eigenvalue weighted by Gasteiger charge is 2.22. The lowest BCUT2D eigenvalue weighted by atomic mass is 10.1. The number of hydrogen-bond donors (Lipinski definition) is 2. The molecular weight excluding hydrogens is 319 g/mol. The Labute approximate surface area is 134 Å². The van der Waals surface area contributed by atoms with Gasteiger partial charge in [0.2, 0.25) is 0 Å². The third-order valence-corrected chi connectivity index (χ3v) is 4.59. The summed E-state index contributed by atoms with van der Waals surface area (Å²) in [7, 11) is 1.54. The first-order valence-electron chi connectivity index (χ1n) is 6.82. The van der Waals surface area contributed by atoms with Crippen molar-refractivity contribution < 1.29 is 13.9 Å². The lowest BCUT2D eigenvalue weighted by Crippen LogP contribution is -1.99. The van der Waals surface area contributed by atoms with E-state index in [0.29, 0.717) is 29.3 Å². The number of hydrogen-bond acceptors (Lipinski definition) is 6. The molecule has 1 aliphatic rings. The van der Waals surface area contributed by atoms with E-state index in [1.807, 2.05) is 12.1 Å². The van der Waals surface area contributed by atoms with E-state index < -0.39 is 5.82 Å². The van der Waals surface area contributed by atoms with Crippen LogP contribution in [-0.4, -0.2) is 27.2 Å². The van der Waals surface area contributed by atoms with Crippen LogP contribution in [0.15, 0.2) is 29.6 Å². The Kier molecular flexibility index (Phi) is 3.19. The second-order valence-corrected chi connectivity index (χ2v) is 6.12. The fourth-order valence-corrected chi connectivity index (χ4v) is 3.48. The van der Waals surface area contributed by atoms with Crippen LogP contribution in [0, 0.1) is 5.82 Å². The first kappa shape index (κ1) is 14.0. The van der Waals surface area contributed by atoms with Crippen LogP contribution >= 0.6 is 11.8 Å². The second-order valence-electron chi connectivity index (χ2n) is 5.02.